The van der Waals surface area contributed by atoms with E-state index in [0.717, 1.165) is 54.6 Å². The summed E-state index contributed by atoms with van der Waals surface area (Å²) in [6.07, 6.45) is 3.83. The molecule has 4 heterocycles. The number of aromatic nitrogens is 1. The number of fused-ring (bicyclic) bond motifs is 4. The minimum absolute atomic E-state index is 0.0217. The van der Waals surface area contributed by atoms with Gasteiger partial charge in [-0.1, -0.05) is 24.3 Å². The van der Waals surface area contributed by atoms with Gasteiger partial charge < -0.3 is 19.4 Å². The van der Waals surface area contributed by atoms with Crippen molar-refractivity contribution >= 4 is 22.8 Å². The van der Waals surface area contributed by atoms with Gasteiger partial charge in [-0.2, -0.15) is 0 Å². The normalized spacial score (nSPS) is 27.8. The lowest BCUT2D eigenvalue weighted by Crippen LogP contribution is -3.13. The number of piperidine rings is 1. The third-order valence-corrected chi connectivity index (χ3v) is 6.69. The summed E-state index contributed by atoms with van der Waals surface area (Å²) in [7, 11) is 1.42. The van der Waals surface area contributed by atoms with Crippen LogP contribution in [0.1, 0.15) is 31.5 Å². The van der Waals surface area contributed by atoms with E-state index in [1.54, 1.807) is 0 Å². The van der Waals surface area contributed by atoms with Gasteiger partial charge in [-0.3, -0.25) is 9.59 Å². The van der Waals surface area contributed by atoms with Gasteiger partial charge in [0.05, 0.1) is 26.7 Å². The number of carbonyl (C=O) groups excluding carboxylic acids is 2. The highest BCUT2D eigenvalue weighted by Crippen LogP contribution is 2.44. The number of H-pyrrole nitrogens is 1. The molecule has 3 aliphatic rings. The molecule has 0 aliphatic carbocycles. The molecular formula is C23H29N2O4+. The Labute approximate surface area is 170 Å². The van der Waals surface area contributed by atoms with Crippen LogP contribution in [0.15, 0.2) is 35.9 Å². The lowest BCUT2D eigenvalue weighted by Gasteiger charge is -2.41. The number of aromatic amines is 1. The van der Waals surface area contributed by atoms with Crippen LogP contribution in [0.25, 0.3) is 10.9 Å². The summed E-state index contributed by atoms with van der Waals surface area (Å²) in [5.41, 5.74) is 3.14. The van der Waals surface area contributed by atoms with Gasteiger partial charge in [-0.25, -0.2) is 0 Å². The zero-order chi connectivity index (χ0) is 20.6. The molecule has 1 unspecified atom stereocenters. The Morgan fingerprint density at radius 2 is 2.10 bits per heavy atom. The van der Waals surface area contributed by atoms with Crippen LogP contribution < -0.4 is 4.90 Å². The van der Waals surface area contributed by atoms with Gasteiger partial charge >= 0.3 is 11.9 Å². The number of hydrogen-bond donors (Lipinski definition) is 2. The van der Waals surface area contributed by atoms with Crippen molar-refractivity contribution in [3.63, 3.8) is 0 Å². The quantitative estimate of drug-likeness (QED) is 0.609. The van der Waals surface area contributed by atoms with E-state index in [0.29, 0.717) is 0 Å². The van der Waals surface area contributed by atoms with Gasteiger partial charge in [0.25, 0.3) is 0 Å². The summed E-state index contributed by atoms with van der Waals surface area (Å²) in [6, 6.07) is 8.14. The highest BCUT2D eigenvalue weighted by atomic mass is 16.5. The van der Waals surface area contributed by atoms with Crippen LogP contribution in [-0.4, -0.2) is 50.3 Å². The number of benzene rings is 1. The molecular weight excluding hydrogens is 368 g/mol. The third kappa shape index (κ3) is 3.15. The zero-order valence-electron chi connectivity index (χ0n) is 17.3. The summed E-state index contributed by atoms with van der Waals surface area (Å²) in [6.45, 7) is 6.29. The number of methoxy groups -OCH3 is 1. The number of carbonyl (C=O) groups is 2. The standard InChI is InChI=1S/C23H28N2O4/c1-4-16-13-25-11-9-18-17-7-5-6-8-20(17)24-21(18)23(22(27)28-3,14-29-15(2)26)19(16)10-12-25/h4-8,19,24H,9-14H2,1-3H3/p+1/b16-4+/t19-,23-/m0/s1. The zero-order valence-corrected chi connectivity index (χ0v) is 17.3. The molecule has 1 fully saturated rings. The van der Waals surface area contributed by atoms with Crippen LogP contribution in [0.3, 0.4) is 0 Å². The van der Waals surface area contributed by atoms with Crippen molar-refractivity contribution in [1.29, 1.82) is 0 Å². The number of ether oxygens (including phenoxy) is 2. The number of esters is 2. The third-order valence-electron chi connectivity index (χ3n) is 6.69. The summed E-state index contributed by atoms with van der Waals surface area (Å²) in [5, 5.41) is 1.13. The van der Waals surface area contributed by atoms with Crippen LogP contribution in [0.2, 0.25) is 0 Å². The highest BCUT2D eigenvalue weighted by Gasteiger charge is 2.55. The molecule has 2 bridgehead atoms. The van der Waals surface area contributed by atoms with Gasteiger partial charge in [0.2, 0.25) is 0 Å². The molecule has 6 heteroatoms. The van der Waals surface area contributed by atoms with E-state index >= 15 is 0 Å². The van der Waals surface area contributed by atoms with Crippen LogP contribution in [-0.2, 0) is 30.9 Å². The molecule has 3 aliphatic heterocycles. The Morgan fingerprint density at radius 1 is 1.31 bits per heavy atom. The molecule has 5 rings (SSSR count). The predicted molar refractivity (Wildman–Crippen MR) is 110 cm³/mol. The molecule has 0 saturated carbocycles. The highest BCUT2D eigenvalue weighted by molar-refractivity contribution is 5.91. The Morgan fingerprint density at radius 3 is 2.83 bits per heavy atom. The maximum atomic E-state index is 13.5. The van der Waals surface area contributed by atoms with Gasteiger partial charge in [0.1, 0.15) is 12.0 Å². The average molecular weight is 397 g/mol. The van der Waals surface area contributed by atoms with E-state index in [4.69, 9.17) is 9.47 Å². The fourth-order valence-electron chi connectivity index (χ4n) is 5.30. The lowest BCUT2D eigenvalue weighted by atomic mass is 9.66. The molecule has 154 valence electrons. The van der Waals surface area contributed by atoms with Gasteiger partial charge in [0, 0.05) is 42.3 Å². The minimum Gasteiger partial charge on any atom is -0.468 e. The van der Waals surface area contributed by atoms with E-state index in [2.05, 4.69) is 17.1 Å². The molecule has 29 heavy (non-hydrogen) atoms. The lowest BCUT2D eigenvalue weighted by molar-refractivity contribution is -0.899. The topological polar surface area (TPSA) is 72.8 Å². The molecule has 0 spiro atoms. The molecule has 2 aromatic rings. The van der Waals surface area contributed by atoms with Crippen LogP contribution >= 0.6 is 0 Å². The molecule has 3 atom stereocenters. The molecule has 6 nitrogen and oxygen atoms in total. The minimum atomic E-state index is -1.08. The van der Waals surface area contributed by atoms with Crippen molar-refractivity contribution in [3.8, 4) is 0 Å². The summed E-state index contributed by atoms with van der Waals surface area (Å²) in [5.74, 6) is -0.815. The van der Waals surface area contributed by atoms with Crippen LogP contribution in [0.4, 0.5) is 0 Å². The van der Waals surface area contributed by atoms with Crippen LogP contribution in [0, 0.1) is 5.92 Å². The maximum Gasteiger partial charge on any atom is 0.321 e. The van der Waals surface area contributed by atoms with E-state index in [-0.39, 0.29) is 18.5 Å². The van der Waals surface area contributed by atoms with E-state index in [1.807, 2.05) is 25.1 Å². The number of allylic oxidation sites excluding steroid dienone is 1. The first-order chi connectivity index (χ1) is 14.0. The number of para-hydroxylation sites is 1. The van der Waals surface area contributed by atoms with Gasteiger partial charge in [0.15, 0.2) is 0 Å². The van der Waals surface area contributed by atoms with Crippen molar-refractivity contribution in [3.05, 3.63) is 47.2 Å². The van der Waals surface area contributed by atoms with Crippen molar-refractivity contribution in [2.75, 3.05) is 33.4 Å². The average Bonchev–Trinajstić information content (AvgIpc) is 3.14. The Hall–Kier alpha value is -2.60. The second kappa shape index (κ2) is 7.67. The first kappa shape index (κ1) is 19.7. The van der Waals surface area contributed by atoms with E-state index in [1.165, 1.54) is 24.5 Å². The number of nitrogens with one attached hydrogen (secondary N) is 2. The smallest absolute Gasteiger partial charge is 0.321 e. The van der Waals surface area contributed by atoms with Crippen LogP contribution in [0.5, 0.6) is 0 Å². The molecule has 0 radical (unpaired) electrons. The van der Waals surface area contributed by atoms with Gasteiger partial charge in [-0.05, 0) is 24.1 Å². The SMILES string of the molecule is C/C=C1\C[NH+]2CCc3c([nH]c4ccccc34)[C@@](COC(C)=O)(C(=O)OC)[C@H]1CC2. The number of hydrogen-bond acceptors (Lipinski definition) is 4. The van der Waals surface area contributed by atoms with Crippen molar-refractivity contribution < 1.29 is 24.0 Å². The monoisotopic (exact) mass is 397 g/mol. The van der Waals surface area contributed by atoms with E-state index in [9.17, 15) is 9.59 Å². The number of rotatable bonds is 3. The molecule has 1 aromatic carbocycles. The van der Waals surface area contributed by atoms with Crippen molar-refractivity contribution in [2.24, 2.45) is 5.92 Å². The summed E-state index contributed by atoms with van der Waals surface area (Å²) >= 11 is 0. The van der Waals surface area contributed by atoms with Crippen molar-refractivity contribution in [2.45, 2.75) is 32.1 Å². The Bertz CT molecular complexity index is 976. The van der Waals surface area contributed by atoms with Crippen molar-refractivity contribution in [1.82, 2.24) is 4.98 Å². The van der Waals surface area contributed by atoms with Gasteiger partial charge in [-0.15, -0.1) is 0 Å². The molecule has 1 aromatic heterocycles. The molecule has 1 saturated heterocycles. The second-order valence-electron chi connectivity index (χ2n) is 8.15. The maximum absolute atomic E-state index is 13.5. The fraction of sp³-hybridized carbons (Fsp3) is 0.478. The van der Waals surface area contributed by atoms with E-state index < -0.39 is 11.4 Å². The fourth-order valence-corrected chi connectivity index (χ4v) is 5.30. The predicted octanol–water partition coefficient (Wildman–Crippen LogP) is 1.55. The summed E-state index contributed by atoms with van der Waals surface area (Å²) < 4.78 is 10.9. The second-order valence-corrected chi connectivity index (χ2v) is 8.15. The number of quaternary nitrogens is 1. The first-order valence-electron chi connectivity index (χ1n) is 10.3. The molecule has 2 N–H and O–H groups in total. The Balaban J connectivity index is 2.03. The first-order valence-corrected chi connectivity index (χ1v) is 10.3. The Kier molecular flexibility index (Phi) is 5.21. The molecule has 0 amide bonds. The largest absolute Gasteiger partial charge is 0.468 e. The summed E-state index contributed by atoms with van der Waals surface area (Å²) in [4.78, 5) is 30.4.